The van der Waals surface area contributed by atoms with Gasteiger partial charge in [0.1, 0.15) is 0 Å². The highest BCUT2D eigenvalue weighted by Gasteiger charge is 2.06. The van der Waals surface area contributed by atoms with Crippen molar-refractivity contribution in [3.63, 3.8) is 0 Å². The summed E-state index contributed by atoms with van der Waals surface area (Å²) in [5, 5.41) is 3.12. The molecule has 0 saturated heterocycles. The molecule has 1 N–H and O–H groups in total. The van der Waals surface area contributed by atoms with Gasteiger partial charge in [-0.05, 0) is 31.9 Å². The molecule has 0 unspecified atom stereocenters. The third-order valence-electron chi connectivity index (χ3n) is 1.56. The molecule has 0 bridgehead atoms. The van der Waals surface area contributed by atoms with Crippen molar-refractivity contribution in [1.29, 1.82) is 0 Å². The molecule has 0 atom stereocenters. The van der Waals surface area contributed by atoms with Gasteiger partial charge in [0.05, 0.1) is 6.10 Å². The Morgan fingerprint density at radius 1 is 1.44 bits per heavy atom. The van der Waals surface area contributed by atoms with Gasteiger partial charge in [0.15, 0.2) is 0 Å². The molecular formula is C10H15ClN4O. The number of ether oxygens (including phenoxy) is 1. The van der Waals surface area contributed by atoms with Crippen molar-refractivity contribution in [2.75, 3.05) is 11.9 Å². The van der Waals surface area contributed by atoms with Crippen molar-refractivity contribution >= 4 is 17.5 Å². The second-order valence-electron chi connectivity index (χ2n) is 3.38. The lowest BCUT2D eigenvalue weighted by Gasteiger charge is -2.09. The summed E-state index contributed by atoms with van der Waals surface area (Å²) in [6.07, 6.45) is 2.63. The Labute approximate surface area is 99.9 Å². The monoisotopic (exact) mass is 242 g/mol. The van der Waals surface area contributed by atoms with Crippen LogP contribution in [-0.2, 0) is 0 Å². The first-order valence-electron chi connectivity index (χ1n) is 5.05. The average molecular weight is 243 g/mol. The maximum Gasteiger partial charge on any atom is 0.322 e. The minimum Gasteiger partial charge on any atom is -0.461 e. The molecule has 6 heteroatoms. The van der Waals surface area contributed by atoms with E-state index in [1.54, 1.807) is 6.08 Å². The van der Waals surface area contributed by atoms with Gasteiger partial charge in [0.25, 0.3) is 0 Å². The summed E-state index contributed by atoms with van der Waals surface area (Å²) in [6, 6.07) is 0.233. The van der Waals surface area contributed by atoms with E-state index in [1.807, 2.05) is 13.8 Å². The Hall–Kier alpha value is -1.36. The highest BCUT2D eigenvalue weighted by Crippen LogP contribution is 2.12. The van der Waals surface area contributed by atoms with Gasteiger partial charge < -0.3 is 10.1 Å². The first kappa shape index (κ1) is 12.7. The fourth-order valence-electron chi connectivity index (χ4n) is 0.961. The molecule has 0 saturated carbocycles. The topological polar surface area (TPSA) is 59.9 Å². The lowest BCUT2D eigenvalue weighted by atomic mass is 10.4. The van der Waals surface area contributed by atoms with Crippen LogP contribution in [-0.4, -0.2) is 27.6 Å². The van der Waals surface area contributed by atoms with Crippen LogP contribution in [0.3, 0.4) is 0 Å². The van der Waals surface area contributed by atoms with Gasteiger partial charge in [0.2, 0.25) is 11.2 Å². The number of halogens is 1. The fraction of sp³-hybridized carbons (Fsp3) is 0.500. The molecule has 0 aliphatic rings. The van der Waals surface area contributed by atoms with Crippen LogP contribution in [0.1, 0.15) is 20.3 Å². The third kappa shape index (κ3) is 4.44. The SMILES string of the molecule is C=CCCNc1nc(Cl)nc(OC(C)C)n1. The Balaban J connectivity index is 2.69. The van der Waals surface area contributed by atoms with Crippen molar-refractivity contribution in [2.24, 2.45) is 0 Å². The zero-order chi connectivity index (χ0) is 12.0. The molecule has 0 aliphatic heterocycles. The van der Waals surface area contributed by atoms with Crippen molar-refractivity contribution in [3.05, 3.63) is 17.9 Å². The Bertz CT molecular complexity index is 357. The van der Waals surface area contributed by atoms with E-state index < -0.39 is 0 Å². The number of hydrogen-bond acceptors (Lipinski definition) is 5. The quantitative estimate of drug-likeness (QED) is 0.613. The predicted molar refractivity (Wildman–Crippen MR) is 63.9 cm³/mol. The van der Waals surface area contributed by atoms with Gasteiger partial charge >= 0.3 is 6.01 Å². The largest absolute Gasteiger partial charge is 0.461 e. The van der Waals surface area contributed by atoms with E-state index in [0.29, 0.717) is 12.5 Å². The number of anilines is 1. The molecule has 1 aromatic rings. The van der Waals surface area contributed by atoms with E-state index in [0.717, 1.165) is 6.42 Å². The van der Waals surface area contributed by atoms with E-state index in [1.165, 1.54) is 0 Å². The van der Waals surface area contributed by atoms with Gasteiger partial charge in [-0.3, -0.25) is 0 Å². The van der Waals surface area contributed by atoms with Crippen molar-refractivity contribution < 1.29 is 4.74 Å². The standard InChI is InChI=1S/C10H15ClN4O/c1-4-5-6-12-9-13-8(11)14-10(15-9)16-7(2)3/h4,7H,1,5-6H2,2-3H3,(H,12,13,14,15). The van der Waals surface area contributed by atoms with Crippen LogP contribution >= 0.6 is 11.6 Å². The summed E-state index contributed by atoms with van der Waals surface area (Å²) < 4.78 is 5.34. The van der Waals surface area contributed by atoms with Crippen LogP contribution < -0.4 is 10.1 Å². The van der Waals surface area contributed by atoms with E-state index >= 15 is 0 Å². The van der Waals surface area contributed by atoms with E-state index in [-0.39, 0.29) is 17.4 Å². The summed E-state index contributed by atoms with van der Waals surface area (Å²) in [5.74, 6) is 0.414. The van der Waals surface area contributed by atoms with Crippen LogP contribution in [0.15, 0.2) is 12.7 Å². The molecule has 0 spiro atoms. The van der Waals surface area contributed by atoms with E-state index in [2.05, 4.69) is 26.8 Å². The minimum atomic E-state index is -0.000471. The molecule has 0 aliphatic carbocycles. The van der Waals surface area contributed by atoms with Crippen LogP contribution in [0.25, 0.3) is 0 Å². The number of hydrogen-bond donors (Lipinski definition) is 1. The predicted octanol–water partition coefficient (Wildman–Crippen LogP) is 2.30. The molecular weight excluding hydrogens is 228 g/mol. The van der Waals surface area contributed by atoms with Gasteiger partial charge in [0, 0.05) is 6.54 Å². The van der Waals surface area contributed by atoms with Gasteiger partial charge in [-0.15, -0.1) is 6.58 Å². The molecule has 88 valence electrons. The second kappa shape index (κ2) is 6.27. The second-order valence-corrected chi connectivity index (χ2v) is 3.72. The lowest BCUT2D eigenvalue weighted by molar-refractivity contribution is 0.222. The summed E-state index contributed by atoms with van der Waals surface area (Å²) in [4.78, 5) is 11.9. The van der Waals surface area contributed by atoms with E-state index in [9.17, 15) is 0 Å². The van der Waals surface area contributed by atoms with Gasteiger partial charge in [-0.2, -0.15) is 15.0 Å². The summed E-state index contributed by atoms with van der Waals surface area (Å²) in [5.41, 5.74) is 0. The van der Waals surface area contributed by atoms with E-state index in [4.69, 9.17) is 16.3 Å². The van der Waals surface area contributed by atoms with Crippen LogP contribution in [0, 0.1) is 0 Å². The minimum absolute atomic E-state index is 0.000471. The smallest absolute Gasteiger partial charge is 0.322 e. The van der Waals surface area contributed by atoms with Crippen molar-refractivity contribution in [2.45, 2.75) is 26.4 Å². The Kier molecular flexibility index (Phi) is 4.98. The third-order valence-corrected chi connectivity index (χ3v) is 1.73. The summed E-state index contributed by atoms with van der Waals surface area (Å²) in [7, 11) is 0. The molecule has 0 aromatic carbocycles. The van der Waals surface area contributed by atoms with Gasteiger partial charge in [-0.25, -0.2) is 0 Å². The normalized spacial score (nSPS) is 10.2. The van der Waals surface area contributed by atoms with Crippen LogP contribution in [0.5, 0.6) is 6.01 Å². The van der Waals surface area contributed by atoms with Crippen LogP contribution in [0.4, 0.5) is 5.95 Å². The molecule has 5 nitrogen and oxygen atoms in total. The summed E-state index contributed by atoms with van der Waals surface area (Å²) in [6.45, 7) is 8.10. The highest BCUT2D eigenvalue weighted by atomic mass is 35.5. The lowest BCUT2D eigenvalue weighted by Crippen LogP contribution is -2.11. The molecule has 1 aromatic heterocycles. The summed E-state index contributed by atoms with van der Waals surface area (Å²) >= 11 is 5.74. The maximum absolute atomic E-state index is 5.74. The molecule has 0 amide bonds. The van der Waals surface area contributed by atoms with Gasteiger partial charge in [-0.1, -0.05) is 6.08 Å². The Morgan fingerprint density at radius 2 is 2.19 bits per heavy atom. The van der Waals surface area contributed by atoms with Crippen molar-refractivity contribution in [1.82, 2.24) is 15.0 Å². The zero-order valence-electron chi connectivity index (χ0n) is 9.40. The first-order chi connectivity index (χ1) is 7.61. The number of nitrogens with zero attached hydrogens (tertiary/aromatic N) is 3. The highest BCUT2D eigenvalue weighted by molar-refractivity contribution is 6.28. The zero-order valence-corrected chi connectivity index (χ0v) is 10.2. The number of nitrogens with one attached hydrogen (secondary N) is 1. The fourth-order valence-corrected chi connectivity index (χ4v) is 1.11. The number of aromatic nitrogens is 3. The first-order valence-corrected chi connectivity index (χ1v) is 5.42. The average Bonchev–Trinajstić information content (AvgIpc) is 2.16. The molecule has 1 rings (SSSR count). The molecule has 0 radical (unpaired) electrons. The van der Waals surface area contributed by atoms with Crippen LogP contribution in [0.2, 0.25) is 5.28 Å². The number of rotatable bonds is 6. The van der Waals surface area contributed by atoms with Crippen molar-refractivity contribution in [3.8, 4) is 6.01 Å². The molecule has 16 heavy (non-hydrogen) atoms. The molecule has 0 fully saturated rings. The Morgan fingerprint density at radius 3 is 2.81 bits per heavy atom. The molecule has 1 heterocycles. The maximum atomic E-state index is 5.74.